The molecule has 0 spiro atoms. The van der Waals surface area contributed by atoms with Gasteiger partial charge in [0, 0.05) is 6.61 Å². The summed E-state index contributed by atoms with van der Waals surface area (Å²) in [5.41, 5.74) is 0. The molecular formula is C19H47NO4Si3. The van der Waals surface area contributed by atoms with Gasteiger partial charge in [-0.25, -0.2) is 0 Å². The summed E-state index contributed by atoms with van der Waals surface area (Å²) in [4.78, 5) is 2.27. The minimum absolute atomic E-state index is 0.0971. The summed E-state index contributed by atoms with van der Waals surface area (Å²) in [5, 5.41) is 8.79. The van der Waals surface area contributed by atoms with Crippen LogP contribution in [0.4, 0.5) is 0 Å². The molecule has 27 heavy (non-hydrogen) atoms. The topological polar surface area (TPSA) is 51.2 Å². The molecule has 8 heteroatoms. The van der Waals surface area contributed by atoms with E-state index in [1.165, 1.54) is 31.4 Å². The molecular weight excluding hydrogens is 390 g/mol. The second kappa shape index (κ2) is 13.6. The van der Waals surface area contributed by atoms with E-state index in [4.69, 9.17) is 18.1 Å². The van der Waals surface area contributed by atoms with Crippen LogP contribution in [0.1, 0.15) is 32.6 Å². The molecule has 5 nitrogen and oxygen atoms in total. The van der Waals surface area contributed by atoms with Crippen molar-refractivity contribution >= 4 is 25.2 Å². The van der Waals surface area contributed by atoms with Crippen molar-refractivity contribution in [3.05, 3.63) is 0 Å². The van der Waals surface area contributed by atoms with Crippen LogP contribution in [0.3, 0.4) is 0 Å². The average molecular weight is 438 g/mol. The zero-order valence-corrected chi connectivity index (χ0v) is 22.4. The molecule has 1 unspecified atom stereocenters. The molecule has 0 radical (unpaired) electrons. The van der Waals surface area contributed by atoms with Gasteiger partial charge in [0.05, 0.1) is 13.2 Å². The molecule has 0 saturated heterocycles. The molecule has 0 bridgehead atoms. The molecule has 164 valence electrons. The Kier molecular flexibility index (Phi) is 13.9. The van der Waals surface area contributed by atoms with Crippen molar-refractivity contribution in [3.63, 3.8) is 0 Å². The van der Waals surface area contributed by atoms with Crippen LogP contribution in [0.5, 0.6) is 0 Å². The summed E-state index contributed by atoms with van der Waals surface area (Å²) in [5.74, 6) is 0. The largest absolute Gasteiger partial charge is 0.437 e. The highest BCUT2D eigenvalue weighted by atomic mass is 28.5. The van der Waals surface area contributed by atoms with Crippen LogP contribution in [-0.2, 0) is 13.0 Å². The lowest BCUT2D eigenvalue weighted by Crippen LogP contribution is -2.53. The van der Waals surface area contributed by atoms with Gasteiger partial charge in [-0.15, -0.1) is 0 Å². The van der Waals surface area contributed by atoms with Gasteiger partial charge in [-0.3, -0.25) is 0 Å². The molecule has 0 aromatic carbocycles. The number of hydrogen-bond acceptors (Lipinski definition) is 5. The zero-order valence-electron chi connectivity index (χ0n) is 19.4. The molecule has 0 rings (SSSR count). The van der Waals surface area contributed by atoms with Gasteiger partial charge < -0.3 is 23.0 Å². The summed E-state index contributed by atoms with van der Waals surface area (Å²) < 4.78 is 19.0. The zero-order chi connectivity index (χ0) is 21.0. The third kappa shape index (κ3) is 15.0. The Balaban J connectivity index is 4.70. The first-order chi connectivity index (χ1) is 12.5. The quantitative estimate of drug-likeness (QED) is 0.265. The number of unbranched alkanes of at least 4 members (excludes halogenated alkanes) is 1. The predicted molar refractivity (Wildman–Crippen MR) is 124 cm³/mol. The van der Waals surface area contributed by atoms with E-state index in [9.17, 15) is 0 Å². The van der Waals surface area contributed by atoms with Crippen LogP contribution in [-0.4, -0.2) is 75.7 Å². The number of aliphatic hydroxyl groups excluding tert-OH is 1. The highest BCUT2D eigenvalue weighted by Crippen LogP contribution is 2.29. The predicted octanol–water partition coefficient (Wildman–Crippen LogP) is 4.65. The van der Waals surface area contributed by atoms with E-state index in [0.29, 0.717) is 13.2 Å². The Hall–Kier alpha value is 0.451. The lowest BCUT2D eigenvalue weighted by molar-refractivity contribution is 0.0923. The molecule has 0 amide bonds. The molecule has 0 heterocycles. The first-order valence-corrected chi connectivity index (χ1v) is 19.4. The Labute approximate surface area is 172 Å². The van der Waals surface area contributed by atoms with Gasteiger partial charge in [-0.05, 0) is 84.3 Å². The molecule has 1 N–H and O–H groups in total. The Bertz CT molecular complexity index is 384. The molecule has 0 aliphatic heterocycles. The van der Waals surface area contributed by atoms with E-state index in [0.717, 1.165) is 19.0 Å². The van der Waals surface area contributed by atoms with Crippen molar-refractivity contribution in [3.8, 4) is 0 Å². The van der Waals surface area contributed by atoms with E-state index in [-0.39, 0.29) is 6.61 Å². The van der Waals surface area contributed by atoms with Crippen molar-refractivity contribution in [2.24, 2.45) is 0 Å². The van der Waals surface area contributed by atoms with Gasteiger partial charge in [-0.2, -0.15) is 0 Å². The SMILES string of the molecule is CCCC[Si](C)(CCCN(C)C)O[Si](C)(C)O[Si](C)(C)CCCOCCO. The van der Waals surface area contributed by atoms with Crippen molar-refractivity contribution in [1.29, 1.82) is 0 Å². The molecule has 0 aromatic rings. The maximum atomic E-state index is 8.79. The lowest BCUT2D eigenvalue weighted by Gasteiger charge is -2.40. The van der Waals surface area contributed by atoms with Crippen molar-refractivity contribution in [2.75, 3.05) is 40.5 Å². The van der Waals surface area contributed by atoms with Crippen LogP contribution >= 0.6 is 0 Å². The fourth-order valence-corrected chi connectivity index (χ4v) is 18.7. The monoisotopic (exact) mass is 437 g/mol. The number of nitrogens with zero attached hydrogens (tertiary/aromatic N) is 1. The molecule has 0 aliphatic rings. The Morgan fingerprint density at radius 2 is 1.44 bits per heavy atom. The number of aliphatic hydroxyl groups is 1. The van der Waals surface area contributed by atoms with E-state index in [1.807, 2.05) is 0 Å². The Morgan fingerprint density at radius 1 is 0.815 bits per heavy atom. The van der Waals surface area contributed by atoms with E-state index in [1.54, 1.807) is 0 Å². The minimum atomic E-state index is -2.15. The van der Waals surface area contributed by atoms with Crippen LogP contribution in [0.15, 0.2) is 0 Å². The molecule has 0 saturated carbocycles. The first kappa shape index (κ1) is 27.5. The third-order valence-electron chi connectivity index (χ3n) is 4.69. The summed E-state index contributed by atoms with van der Waals surface area (Å²) in [7, 11) is -1.37. The molecule has 0 aliphatic carbocycles. The summed E-state index contributed by atoms with van der Waals surface area (Å²) in [6.45, 7) is 16.1. The van der Waals surface area contributed by atoms with Gasteiger partial charge in [0.25, 0.3) is 0 Å². The Morgan fingerprint density at radius 3 is 2.00 bits per heavy atom. The standard InChI is InChI=1S/C19H47NO4Si3/c1-9-10-18-27(8,19-11-13-20(2)3)24-26(6,7)23-25(4,5)17-12-15-22-16-14-21/h21H,9-19H2,1-8H3. The van der Waals surface area contributed by atoms with Gasteiger partial charge in [-0.1, -0.05) is 19.8 Å². The maximum absolute atomic E-state index is 8.79. The minimum Gasteiger partial charge on any atom is -0.437 e. The highest BCUT2D eigenvalue weighted by Gasteiger charge is 2.41. The lowest BCUT2D eigenvalue weighted by atomic mass is 10.4. The smallest absolute Gasteiger partial charge is 0.311 e. The number of ether oxygens (including phenoxy) is 1. The number of rotatable bonds is 17. The van der Waals surface area contributed by atoms with Crippen LogP contribution in [0.2, 0.25) is 50.9 Å². The third-order valence-corrected chi connectivity index (χ3v) is 17.2. The van der Waals surface area contributed by atoms with Gasteiger partial charge >= 0.3 is 8.56 Å². The molecule has 1 atom stereocenters. The molecule has 0 fully saturated rings. The summed E-state index contributed by atoms with van der Waals surface area (Å²) in [6.07, 6.45) is 4.71. The second-order valence-electron chi connectivity index (χ2n) is 9.26. The van der Waals surface area contributed by atoms with Crippen molar-refractivity contribution in [1.82, 2.24) is 4.90 Å². The second-order valence-corrected chi connectivity index (χ2v) is 21.6. The average Bonchev–Trinajstić information content (AvgIpc) is 2.50. The summed E-state index contributed by atoms with van der Waals surface area (Å²) in [6, 6.07) is 3.54. The van der Waals surface area contributed by atoms with E-state index in [2.05, 4.69) is 58.7 Å². The summed E-state index contributed by atoms with van der Waals surface area (Å²) >= 11 is 0. The van der Waals surface area contributed by atoms with Gasteiger partial charge in [0.2, 0.25) is 0 Å². The van der Waals surface area contributed by atoms with E-state index >= 15 is 0 Å². The normalized spacial score (nSPS) is 15.3. The van der Waals surface area contributed by atoms with Gasteiger partial charge in [0.15, 0.2) is 16.6 Å². The first-order valence-electron chi connectivity index (χ1n) is 10.7. The highest BCUT2D eigenvalue weighted by molar-refractivity contribution is 6.88. The van der Waals surface area contributed by atoms with E-state index < -0.39 is 25.2 Å². The number of hydrogen-bond donors (Lipinski definition) is 1. The fourth-order valence-electron chi connectivity index (χ4n) is 3.64. The maximum Gasteiger partial charge on any atom is 0.311 e. The van der Waals surface area contributed by atoms with Crippen LogP contribution < -0.4 is 0 Å². The van der Waals surface area contributed by atoms with Crippen LogP contribution in [0.25, 0.3) is 0 Å². The van der Waals surface area contributed by atoms with Crippen molar-refractivity contribution in [2.45, 2.75) is 83.5 Å². The van der Waals surface area contributed by atoms with Gasteiger partial charge in [0.1, 0.15) is 0 Å². The van der Waals surface area contributed by atoms with Crippen LogP contribution in [0, 0.1) is 0 Å². The fraction of sp³-hybridized carbons (Fsp3) is 1.00. The van der Waals surface area contributed by atoms with Crippen molar-refractivity contribution < 1.29 is 18.1 Å². The molecule has 0 aromatic heterocycles.